The van der Waals surface area contributed by atoms with Crippen LogP contribution in [-0.2, 0) is 5.54 Å². The van der Waals surface area contributed by atoms with E-state index in [1.54, 1.807) is 12.1 Å². The van der Waals surface area contributed by atoms with Crippen molar-refractivity contribution in [3.05, 3.63) is 23.2 Å². The van der Waals surface area contributed by atoms with E-state index in [-0.39, 0.29) is 5.54 Å². The smallest absolute Gasteiger partial charge is 0.184 e. The number of hydrogen-bond acceptors (Lipinski definition) is 4. The summed E-state index contributed by atoms with van der Waals surface area (Å²) in [6.45, 7) is 4.33. The fourth-order valence-corrected chi connectivity index (χ4v) is 2.62. The molecule has 0 amide bonds. The molecule has 100 valence electrons. The van der Waals surface area contributed by atoms with Crippen LogP contribution in [0.15, 0.2) is 18.2 Å². The molecule has 6 heteroatoms. The van der Waals surface area contributed by atoms with E-state index >= 15 is 0 Å². The van der Waals surface area contributed by atoms with Gasteiger partial charge >= 0.3 is 0 Å². The van der Waals surface area contributed by atoms with Crippen molar-refractivity contribution < 1.29 is 0 Å². The number of tetrazole rings is 1. The van der Waals surface area contributed by atoms with Crippen LogP contribution in [0.4, 0.5) is 5.69 Å². The molecule has 0 bridgehead atoms. The van der Waals surface area contributed by atoms with E-state index < -0.39 is 0 Å². The molecule has 0 radical (unpaired) electrons. The summed E-state index contributed by atoms with van der Waals surface area (Å²) in [7, 11) is 0. The molecule has 1 aromatic carbocycles. The Hall–Kier alpha value is -1.62. The summed E-state index contributed by atoms with van der Waals surface area (Å²) in [5.41, 5.74) is 7.35. The maximum absolute atomic E-state index is 6.02. The van der Waals surface area contributed by atoms with Gasteiger partial charge in [-0.3, -0.25) is 0 Å². The summed E-state index contributed by atoms with van der Waals surface area (Å²) in [5.74, 6) is 1.33. The molecule has 2 N–H and O–H groups in total. The normalized spacial score (nSPS) is 15.7. The summed E-state index contributed by atoms with van der Waals surface area (Å²) in [6.07, 6.45) is 2.45. The fraction of sp³-hybridized carbons (Fsp3) is 0.462. The van der Waals surface area contributed by atoms with Crippen molar-refractivity contribution in [1.82, 2.24) is 20.2 Å². The van der Waals surface area contributed by atoms with Crippen LogP contribution in [0.5, 0.6) is 0 Å². The van der Waals surface area contributed by atoms with Crippen molar-refractivity contribution in [2.24, 2.45) is 5.92 Å². The molecule has 2 aromatic rings. The molecule has 0 saturated heterocycles. The molecule has 0 aliphatic heterocycles. The van der Waals surface area contributed by atoms with Crippen molar-refractivity contribution >= 4 is 17.3 Å². The summed E-state index contributed by atoms with van der Waals surface area (Å²) < 4.78 is 1.88. The Balaban J connectivity index is 2.09. The van der Waals surface area contributed by atoms with Crippen molar-refractivity contribution in [3.63, 3.8) is 0 Å². The minimum atomic E-state index is -0.0924. The van der Waals surface area contributed by atoms with E-state index in [1.165, 1.54) is 12.8 Å². The number of nitrogens with two attached hydrogens (primary N) is 1. The highest BCUT2D eigenvalue weighted by Gasteiger charge is 2.41. The number of rotatable bonds is 3. The van der Waals surface area contributed by atoms with Gasteiger partial charge < -0.3 is 5.73 Å². The number of anilines is 1. The summed E-state index contributed by atoms with van der Waals surface area (Å²) in [5, 5.41) is 12.7. The highest BCUT2D eigenvalue weighted by molar-refractivity contribution is 6.31. The first-order valence-corrected chi connectivity index (χ1v) is 6.72. The van der Waals surface area contributed by atoms with E-state index in [0.717, 1.165) is 5.56 Å². The first-order valence-electron chi connectivity index (χ1n) is 6.34. The molecule has 1 aliphatic carbocycles. The maximum atomic E-state index is 6.02. The van der Waals surface area contributed by atoms with Crippen LogP contribution in [0.1, 0.15) is 26.7 Å². The van der Waals surface area contributed by atoms with Crippen LogP contribution in [0, 0.1) is 5.92 Å². The van der Waals surface area contributed by atoms with Gasteiger partial charge in [-0.05, 0) is 61.2 Å². The van der Waals surface area contributed by atoms with Gasteiger partial charge in [0.25, 0.3) is 0 Å². The molecule has 0 unspecified atom stereocenters. The molecular weight excluding hydrogens is 262 g/mol. The number of nitrogens with zero attached hydrogens (tertiary/aromatic N) is 4. The Morgan fingerprint density at radius 3 is 2.74 bits per heavy atom. The second-order valence-corrected chi connectivity index (χ2v) is 6.01. The fourth-order valence-electron chi connectivity index (χ4n) is 2.44. The van der Waals surface area contributed by atoms with E-state index in [9.17, 15) is 0 Å². The summed E-state index contributed by atoms with van der Waals surface area (Å²) >= 11 is 5.93. The van der Waals surface area contributed by atoms with E-state index in [4.69, 9.17) is 17.3 Å². The maximum Gasteiger partial charge on any atom is 0.184 e. The first-order chi connectivity index (χ1) is 9.00. The number of nitrogen functional groups attached to an aromatic ring is 1. The number of halogens is 1. The lowest BCUT2D eigenvalue weighted by Crippen LogP contribution is -2.30. The van der Waals surface area contributed by atoms with Gasteiger partial charge in [0, 0.05) is 16.3 Å². The lowest BCUT2D eigenvalue weighted by Gasteiger charge is -2.25. The molecule has 1 aromatic heterocycles. The van der Waals surface area contributed by atoms with E-state index in [0.29, 0.717) is 22.5 Å². The third-order valence-corrected chi connectivity index (χ3v) is 4.08. The minimum Gasteiger partial charge on any atom is -0.398 e. The highest BCUT2D eigenvalue weighted by atomic mass is 35.5. The molecule has 3 rings (SSSR count). The molecule has 0 atom stereocenters. The van der Waals surface area contributed by atoms with Crippen molar-refractivity contribution in [2.45, 2.75) is 32.2 Å². The quantitative estimate of drug-likeness (QED) is 0.876. The van der Waals surface area contributed by atoms with Crippen LogP contribution < -0.4 is 5.73 Å². The zero-order chi connectivity index (χ0) is 13.6. The van der Waals surface area contributed by atoms with Gasteiger partial charge in [0.15, 0.2) is 5.82 Å². The summed E-state index contributed by atoms with van der Waals surface area (Å²) in [6, 6.07) is 5.39. The van der Waals surface area contributed by atoms with Crippen molar-refractivity contribution in [3.8, 4) is 11.4 Å². The van der Waals surface area contributed by atoms with E-state index in [2.05, 4.69) is 29.4 Å². The molecule has 19 heavy (non-hydrogen) atoms. The third-order valence-electron chi connectivity index (χ3n) is 3.85. The van der Waals surface area contributed by atoms with Gasteiger partial charge in [0.1, 0.15) is 0 Å². The second-order valence-electron chi connectivity index (χ2n) is 5.57. The molecule has 1 aliphatic rings. The summed E-state index contributed by atoms with van der Waals surface area (Å²) in [4.78, 5) is 0. The van der Waals surface area contributed by atoms with Gasteiger partial charge in [-0.2, -0.15) is 0 Å². The molecule has 0 spiro atoms. The standard InChI is InChI=1S/C13H16ClN5/c1-13(2,8-3-4-8)19-12(16-17-18-19)10-6-5-9(14)7-11(10)15/h5-8H,3-4,15H2,1-2H3. The zero-order valence-electron chi connectivity index (χ0n) is 11.0. The molecule has 5 nitrogen and oxygen atoms in total. The molecule has 1 fully saturated rings. The number of aromatic nitrogens is 4. The lowest BCUT2D eigenvalue weighted by atomic mass is 9.98. The topological polar surface area (TPSA) is 69.6 Å². The van der Waals surface area contributed by atoms with Crippen LogP contribution in [0.25, 0.3) is 11.4 Å². The first kappa shape index (κ1) is 12.4. The van der Waals surface area contributed by atoms with Gasteiger partial charge in [-0.15, -0.1) is 5.10 Å². The van der Waals surface area contributed by atoms with Crippen LogP contribution in [0.3, 0.4) is 0 Å². The predicted octanol–water partition coefficient (Wildman–Crippen LogP) is 2.72. The zero-order valence-corrected chi connectivity index (χ0v) is 11.7. The SMILES string of the molecule is CC(C)(C1CC1)n1nnnc1-c1ccc(Cl)cc1N. The number of benzene rings is 1. The second kappa shape index (κ2) is 4.20. The van der Waals surface area contributed by atoms with Gasteiger partial charge in [0.2, 0.25) is 0 Å². The Morgan fingerprint density at radius 2 is 2.11 bits per heavy atom. The van der Waals surface area contributed by atoms with Gasteiger partial charge in [0.05, 0.1) is 5.54 Å². The van der Waals surface area contributed by atoms with Crippen LogP contribution in [0.2, 0.25) is 5.02 Å². The average molecular weight is 278 g/mol. The molecule has 1 saturated carbocycles. The Labute approximate surface area is 116 Å². The minimum absolute atomic E-state index is 0.0924. The third kappa shape index (κ3) is 2.08. The van der Waals surface area contributed by atoms with Crippen LogP contribution in [-0.4, -0.2) is 20.2 Å². The number of hydrogen-bond donors (Lipinski definition) is 1. The van der Waals surface area contributed by atoms with E-state index in [1.807, 2.05) is 10.7 Å². The Kier molecular flexibility index (Phi) is 2.74. The largest absolute Gasteiger partial charge is 0.398 e. The monoisotopic (exact) mass is 277 g/mol. The predicted molar refractivity (Wildman–Crippen MR) is 74.7 cm³/mol. The van der Waals surface area contributed by atoms with Gasteiger partial charge in [-0.1, -0.05) is 11.6 Å². The Morgan fingerprint density at radius 1 is 1.37 bits per heavy atom. The van der Waals surface area contributed by atoms with Crippen molar-refractivity contribution in [1.29, 1.82) is 0 Å². The average Bonchev–Trinajstić information content (AvgIpc) is 3.09. The Bertz CT molecular complexity index is 615. The molecular formula is C13H16ClN5. The van der Waals surface area contributed by atoms with Crippen molar-refractivity contribution in [2.75, 3.05) is 5.73 Å². The molecule has 1 heterocycles. The van der Waals surface area contributed by atoms with Crippen LogP contribution >= 0.6 is 11.6 Å². The lowest BCUT2D eigenvalue weighted by molar-refractivity contribution is 0.271. The highest BCUT2D eigenvalue weighted by Crippen LogP contribution is 2.44. The van der Waals surface area contributed by atoms with Gasteiger partial charge in [-0.25, -0.2) is 4.68 Å².